The Morgan fingerprint density at radius 3 is 2.32 bits per heavy atom. The average molecular weight is 539 g/mol. The van der Waals surface area contributed by atoms with Crippen molar-refractivity contribution in [3.8, 4) is 11.5 Å². The Kier molecular flexibility index (Phi) is 8.17. The average Bonchev–Trinajstić information content (AvgIpc) is 2.84. The molecule has 0 aliphatic carbocycles. The van der Waals surface area contributed by atoms with Gasteiger partial charge in [0.15, 0.2) is 11.6 Å². The molecule has 7 nitrogen and oxygen atoms in total. The fourth-order valence-corrected chi connectivity index (χ4v) is 3.50. The van der Waals surface area contributed by atoms with Crippen molar-refractivity contribution in [1.82, 2.24) is 4.98 Å². The largest absolute Gasteiger partial charge is 0.465 e. The van der Waals surface area contributed by atoms with E-state index < -0.39 is 47.0 Å². The van der Waals surface area contributed by atoms with E-state index in [9.17, 15) is 27.6 Å². The molecule has 0 aliphatic rings. The zero-order valence-electron chi connectivity index (χ0n) is 19.6. The van der Waals surface area contributed by atoms with Crippen LogP contribution in [-0.4, -0.2) is 36.3 Å². The second-order valence-corrected chi connectivity index (χ2v) is 8.33. The van der Waals surface area contributed by atoms with E-state index in [1.807, 2.05) is 0 Å². The highest BCUT2D eigenvalue weighted by molar-refractivity contribution is 6.30. The number of nitrogens with zero attached hydrogens (tertiary/aromatic N) is 2. The molecule has 0 bridgehead atoms. The van der Waals surface area contributed by atoms with Crippen molar-refractivity contribution in [2.24, 2.45) is 0 Å². The van der Waals surface area contributed by atoms with Crippen LogP contribution in [0.4, 0.5) is 23.2 Å². The van der Waals surface area contributed by atoms with Crippen molar-refractivity contribution in [3.63, 3.8) is 0 Å². The molecule has 3 aromatic rings. The van der Waals surface area contributed by atoms with Crippen LogP contribution in [0.2, 0.25) is 5.02 Å². The molecule has 37 heavy (non-hydrogen) atoms. The number of carbonyl (C=O) groups is 3. The molecule has 3 rings (SSSR count). The van der Waals surface area contributed by atoms with Crippen LogP contribution in [0.5, 0.6) is 11.5 Å². The number of alkyl halides is 3. The van der Waals surface area contributed by atoms with E-state index in [0.29, 0.717) is 6.07 Å². The summed E-state index contributed by atoms with van der Waals surface area (Å²) in [5, 5.41) is 0.273. The first-order valence-corrected chi connectivity index (χ1v) is 11.0. The first kappa shape index (κ1) is 27.6. The van der Waals surface area contributed by atoms with Crippen LogP contribution in [0.3, 0.4) is 0 Å². The van der Waals surface area contributed by atoms with Gasteiger partial charge in [-0.25, -0.2) is 14.2 Å². The normalized spacial score (nSPS) is 11.3. The molecule has 12 heteroatoms. The monoisotopic (exact) mass is 538 g/mol. The number of rotatable bonds is 7. The predicted octanol–water partition coefficient (Wildman–Crippen LogP) is 6.34. The van der Waals surface area contributed by atoms with Crippen LogP contribution in [0, 0.1) is 5.82 Å². The Morgan fingerprint density at radius 2 is 1.78 bits per heavy atom. The van der Waals surface area contributed by atoms with Crippen molar-refractivity contribution in [3.05, 3.63) is 81.9 Å². The number of amides is 1. The summed E-state index contributed by atoms with van der Waals surface area (Å²) in [7, 11) is 1.04. The minimum Gasteiger partial charge on any atom is -0.465 e. The molecule has 2 aromatic carbocycles. The Morgan fingerprint density at radius 1 is 1.08 bits per heavy atom. The minimum absolute atomic E-state index is 0.0558. The lowest BCUT2D eigenvalue weighted by Gasteiger charge is -2.28. The third-order valence-electron chi connectivity index (χ3n) is 5.06. The SMILES string of the molecule is COC(=O)c1cc(Oc2ccc(C=O)cc2C(F)(F)F)c(F)cc1N(C(=O)c1ccc(Cl)cn1)C(C)C. The number of methoxy groups -OCH3 is 1. The molecular formula is C25H19ClF4N2O5. The molecule has 194 valence electrons. The van der Waals surface area contributed by atoms with Crippen molar-refractivity contribution in [1.29, 1.82) is 0 Å². The van der Waals surface area contributed by atoms with Crippen LogP contribution in [-0.2, 0) is 10.9 Å². The number of hydrogen-bond acceptors (Lipinski definition) is 6. The van der Waals surface area contributed by atoms with Gasteiger partial charge in [-0.15, -0.1) is 0 Å². The van der Waals surface area contributed by atoms with Gasteiger partial charge >= 0.3 is 12.1 Å². The number of carbonyl (C=O) groups excluding carboxylic acids is 3. The second-order valence-electron chi connectivity index (χ2n) is 7.90. The molecule has 0 radical (unpaired) electrons. The molecule has 0 N–H and O–H groups in total. The van der Waals surface area contributed by atoms with E-state index in [4.69, 9.17) is 21.1 Å². The molecule has 0 saturated heterocycles. The maximum atomic E-state index is 15.2. The van der Waals surface area contributed by atoms with E-state index in [0.717, 1.165) is 36.3 Å². The molecule has 0 unspecified atom stereocenters. The van der Waals surface area contributed by atoms with Crippen molar-refractivity contribution in [2.75, 3.05) is 12.0 Å². The summed E-state index contributed by atoms with van der Waals surface area (Å²) in [6, 6.07) is 6.23. The number of ether oxygens (including phenoxy) is 2. The zero-order chi connectivity index (χ0) is 27.5. The highest BCUT2D eigenvalue weighted by Crippen LogP contribution is 2.40. The fraction of sp³-hybridized carbons (Fsp3) is 0.200. The van der Waals surface area contributed by atoms with Crippen LogP contribution >= 0.6 is 11.6 Å². The smallest absolute Gasteiger partial charge is 0.420 e. The van der Waals surface area contributed by atoms with Crippen molar-refractivity contribution >= 4 is 35.5 Å². The summed E-state index contributed by atoms with van der Waals surface area (Å²) in [5.74, 6) is -4.42. The summed E-state index contributed by atoms with van der Waals surface area (Å²) in [6.45, 7) is 3.20. The maximum Gasteiger partial charge on any atom is 0.420 e. The van der Waals surface area contributed by atoms with Gasteiger partial charge in [-0.1, -0.05) is 11.6 Å². The fourth-order valence-electron chi connectivity index (χ4n) is 3.39. The summed E-state index contributed by atoms with van der Waals surface area (Å²) < 4.78 is 65.8. The highest BCUT2D eigenvalue weighted by atomic mass is 35.5. The number of benzene rings is 2. The molecule has 0 aliphatic heterocycles. The van der Waals surface area contributed by atoms with E-state index in [2.05, 4.69) is 4.98 Å². The summed E-state index contributed by atoms with van der Waals surface area (Å²) in [4.78, 5) is 41.8. The second kappa shape index (κ2) is 11.0. The Bertz CT molecular complexity index is 1340. The number of hydrogen-bond donors (Lipinski definition) is 0. The van der Waals surface area contributed by atoms with E-state index in [1.54, 1.807) is 13.8 Å². The third kappa shape index (κ3) is 6.05. The number of anilines is 1. The number of aldehydes is 1. The van der Waals surface area contributed by atoms with Crippen LogP contribution < -0.4 is 9.64 Å². The van der Waals surface area contributed by atoms with Crippen molar-refractivity contribution in [2.45, 2.75) is 26.1 Å². The highest BCUT2D eigenvalue weighted by Gasteiger charge is 2.35. The molecule has 0 atom stereocenters. The predicted molar refractivity (Wildman–Crippen MR) is 126 cm³/mol. The van der Waals surface area contributed by atoms with Gasteiger partial charge in [0.05, 0.1) is 28.9 Å². The van der Waals surface area contributed by atoms with Crippen molar-refractivity contribution < 1.29 is 41.4 Å². The number of aromatic nitrogens is 1. The van der Waals surface area contributed by atoms with Crippen LogP contribution in [0.1, 0.15) is 50.6 Å². The molecular weight excluding hydrogens is 520 g/mol. The number of esters is 1. The summed E-state index contributed by atoms with van der Waals surface area (Å²) in [5.41, 5.74) is -2.23. The van der Waals surface area contributed by atoms with Gasteiger partial charge < -0.3 is 14.4 Å². The summed E-state index contributed by atoms with van der Waals surface area (Å²) >= 11 is 5.82. The van der Waals surface area contributed by atoms with Gasteiger partial charge in [-0.2, -0.15) is 13.2 Å². The van der Waals surface area contributed by atoms with E-state index >= 15 is 4.39 Å². The van der Waals surface area contributed by atoms with Gasteiger partial charge in [0.25, 0.3) is 5.91 Å². The first-order chi connectivity index (χ1) is 17.4. The third-order valence-corrected chi connectivity index (χ3v) is 5.29. The van der Waals surface area contributed by atoms with E-state index in [1.165, 1.54) is 18.3 Å². The van der Waals surface area contributed by atoms with Gasteiger partial charge in [0.2, 0.25) is 0 Å². The Balaban J connectivity index is 2.15. The quantitative estimate of drug-likeness (QED) is 0.198. The molecule has 1 aromatic heterocycles. The standard InChI is InChI=1S/C25H19ClF4N2O5/c1-13(2)32(23(34)19-6-5-15(26)11-31-19)20-10-18(27)22(9-16(20)24(35)36-3)37-21-7-4-14(12-33)8-17(21)25(28,29)30/h4-13H,1-3H3. The molecule has 1 heterocycles. The number of pyridine rings is 1. The molecule has 0 saturated carbocycles. The van der Waals surface area contributed by atoms with Crippen LogP contribution in [0.25, 0.3) is 0 Å². The van der Waals surface area contributed by atoms with Gasteiger partial charge in [0, 0.05) is 29.9 Å². The molecule has 0 spiro atoms. The zero-order valence-corrected chi connectivity index (χ0v) is 20.4. The Labute approximate surface area is 213 Å². The van der Waals surface area contributed by atoms with Gasteiger partial charge in [-0.3, -0.25) is 9.59 Å². The Hall–Kier alpha value is -3.99. The lowest BCUT2D eigenvalue weighted by Crippen LogP contribution is -2.38. The lowest BCUT2D eigenvalue weighted by atomic mass is 10.1. The topological polar surface area (TPSA) is 85.8 Å². The first-order valence-electron chi connectivity index (χ1n) is 10.6. The van der Waals surface area contributed by atoms with Crippen LogP contribution in [0.15, 0.2) is 48.7 Å². The summed E-state index contributed by atoms with van der Waals surface area (Å²) in [6.07, 6.45) is -3.47. The molecule has 1 amide bonds. The lowest BCUT2D eigenvalue weighted by molar-refractivity contribution is -0.138. The van der Waals surface area contributed by atoms with Gasteiger partial charge in [-0.05, 0) is 44.2 Å². The minimum atomic E-state index is -4.93. The maximum absolute atomic E-state index is 15.2. The molecule has 0 fully saturated rings. The number of halogens is 5. The van der Waals surface area contributed by atoms with E-state index in [-0.39, 0.29) is 33.8 Å². The van der Waals surface area contributed by atoms with Gasteiger partial charge in [0.1, 0.15) is 17.7 Å².